The molecule has 0 spiro atoms. The zero-order chi connectivity index (χ0) is 9.68. The van der Waals surface area contributed by atoms with Crippen LogP contribution in [0.4, 0.5) is 0 Å². The molecule has 1 aliphatic rings. The minimum Gasteiger partial charge on any atom is -0.386 e. The Kier molecular flexibility index (Phi) is 3.80. The van der Waals surface area contributed by atoms with Gasteiger partial charge >= 0.3 is 0 Å². The second-order valence-corrected chi connectivity index (χ2v) is 3.71. The normalized spacial score (nSPS) is 19.9. The quantitative estimate of drug-likeness (QED) is 0.646. The van der Waals surface area contributed by atoms with Crippen molar-refractivity contribution in [3.05, 3.63) is 11.8 Å². The molecule has 0 unspecified atom stereocenters. The summed E-state index contributed by atoms with van der Waals surface area (Å²) in [6.45, 7) is 1.89. The number of primary amides is 1. The van der Waals surface area contributed by atoms with Gasteiger partial charge in [0.25, 0.3) is 0 Å². The van der Waals surface area contributed by atoms with Gasteiger partial charge in [0, 0.05) is 17.8 Å². The maximum Gasteiger partial charge on any atom is 0.243 e. The van der Waals surface area contributed by atoms with Gasteiger partial charge in [0.15, 0.2) is 0 Å². The van der Waals surface area contributed by atoms with Crippen LogP contribution >= 0.6 is 0 Å². The van der Waals surface area contributed by atoms with Gasteiger partial charge in [-0.2, -0.15) is 0 Å². The summed E-state index contributed by atoms with van der Waals surface area (Å²) in [5.74, 6) is -0.374. The van der Waals surface area contributed by atoms with Gasteiger partial charge < -0.3 is 11.1 Å². The molecule has 3 N–H and O–H groups in total. The summed E-state index contributed by atoms with van der Waals surface area (Å²) in [7, 11) is 0. The molecular weight excluding hydrogens is 164 g/mol. The van der Waals surface area contributed by atoms with E-state index in [1.54, 1.807) is 0 Å². The number of nitrogens with one attached hydrogen (secondary N) is 1. The predicted molar refractivity (Wildman–Crippen MR) is 53.0 cm³/mol. The Morgan fingerprint density at radius 1 is 1.38 bits per heavy atom. The third kappa shape index (κ3) is 3.97. The van der Waals surface area contributed by atoms with Gasteiger partial charge in [-0.3, -0.25) is 4.79 Å². The minimum absolute atomic E-state index is 0.374. The van der Waals surface area contributed by atoms with Crippen LogP contribution < -0.4 is 11.1 Å². The Bertz CT molecular complexity index is 205. The molecule has 0 aromatic heterocycles. The molecule has 13 heavy (non-hydrogen) atoms. The molecule has 74 valence electrons. The van der Waals surface area contributed by atoms with Gasteiger partial charge in [0.2, 0.25) is 5.91 Å². The average Bonchev–Trinajstić information content (AvgIpc) is 2.04. The van der Waals surface area contributed by atoms with Crippen LogP contribution in [0.2, 0.25) is 0 Å². The summed E-state index contributed by atoms with van der Waals surface area (Å²) in [5.41, 5.74) is 5.93. The molecule has 1 saturated carbocycles. The highest BCUT2D eigenvalue weighted by atomic mass is 16.1. The lowest BCUT2D eigenvalue weighted by Gasteiger charge is -2.23. The summed E-state index contributed by atoms with van der Waals surface area (Å²) in [6.07, 6.45) is 7.81. The molecule has 3 nitrogen and oxygen atoms in total. The highest BCUT2D eigenvalue weighted by Gasteiger charge is 2.12. The highest BCUT2D eigenvalue weighted by molar-refractivity contribution is 5.86. The summed E-state index contributed by atoms with van der Waals surface area (Å²) in [4.78, 5) is 10.6. The molecule has 0 radical (unpaired) electrons. The van der Waals surface area contributed by atoms with Crippen molar-refractivity contribution >= 4 is 5.91 Å². The van der Waals surface area contributed by atoms with E-state index in [0.717, 1.165) is 5.70 Å². The Hall–Kier alpha value is -0.990. The predicted octanol–water partition coefficient (Wildman–Crippen LogP) is 1.30. The number of allylic oxidation sites excluding steroid dienone is 1. The third-order valence-electron chi connectivity index (χ3n) is 2.40. The van der Waals surface area contributed by atoms with Crippen LogP contribution in [0.25, 0.3) is 0 Å². The first-order valence-electron chi connectivity index (χ1n) is 4.93. The van der Waals surface area contributed by atoms with Crippen LogP contribution in [0.3, 0.4) is 0 Å². The number of rotatable bonds is 3. The summed E-state index contributed by atoms with van der Waals surface area (Å²) in [6, 6.07) is 0.546. The van der Waals surface area contributed by atoms with E-state index in [-0.39, 0.29) is 5.91 Å². The van der Waals surface area contributed by atoms with Crippen LogP contribution in [-0.4, -0.2) is 11.9 Å². The zero-order valence-electron chi connectivity index (χ0n) is 8.18. The van der Waals surface area contributed by atoms with Crippen molar-refractivity contribution < 1.29 is 4.79 Å². The molecule has 0 aromatic rings. The summed E-state index contributed by atoms with van der Waals surface area (Å²) >= 11 is 0. The lowest BCUT2D eigenvalue weighted by atomic mass is 9.95. The molecule has 1 aliphatic carbocycles. The lowest BCUT2D eigenvalue weighted by molar-refractivity contribution is -0.113. The van der Waals surface area contributed by atoms with E-state index in [2.05, 4.69) is 5.32 Å². The summed E-state index contributed by atoms with van der Waals surface area (Å²) in [5, 5.41) is 3.31. The first-order chi connectivity index (χ1) is 6.18. The molecule has 1 rings (SSSR count). The first kappa shape index (κ1) is 10.1. The van der Waals surface area contributed by atoms with Gasteiger partial charge in [0.05, 0.1) is 0 Å². The van der Waals surface area contributed by atoms with Crippen molar-refractivity contribution in [2.45, 2.75) is 45.1 Å². The topological polar surface area (TPSA) is 55.1 Å². The number of carbonyl (C=O) groups excluding carboxylic acids is 1. The van der Waals surface area contributed by atoms with Crippen molar-refractivity contribution in [2.24, 2.45) is 5.73 Å². The van der Waals surface area contributed by atoms with Crippen molar-refractivity contribution in [1.82, 2.24) is 5.32 Å². The SMILES string of the molecule is C/C(=C\C(N)=O)NC1CCCCC1. The Morgan fingerprint density at radius 3 is 2.54 bits per heavy atom. The van der Waals surface area contributed by atoms with Gasteiger partial charge in [-0.15, -0.1) is 0 Å². The Balaban J connectivity index is 2.33. The van der Waals surface area contributed by atoms with E-state index in [1.165, 1.54) is 38.2 Å². The number of hydrogen-bond acceptors (Lipinski definition) is 2. The van der Waals surface area contributed by atoms with Gasteiger partial charge in [-0.1, -0.05) is 19.3 Å². The van der Waals surface area contributed by atoms with Crippen molar-refractivity contribution in [2.75, 3.05) is 0 Å². The van der Waals surface area contributed by atoms with Crippen LogP contribution in [-0.2, 0) is 4.79 Å². The zero-order valence-corrected chi connectivity index (χ0v) is 8.18. The maximum absolute atomic E-state index is 10.6. The monoisotopic (exact) mass is 182 g/mol. The molecule has 1 fully saturated rings. The van der Waals surface area contributed by atoms with Crippen LogP contribution in [0.15, 0.2) is 11.8 Å². The second-order valence-electron chi connectivity index (χ2n) is 3.71. The van der Waals surface area contributed by atoms with Gasteiger partial charge in [0.1, 0.15) is 0 Å². The lowest BCUT2D eigenvalue weighted by Crippen LogP contribution is -2.30. The van der Waals surface area contributed by atoms with E-state index in [4.69, 9.17) is 5.73 Å². The fraction of sp³-hybridized carbons (Fsp3) is 0.700. The van der Waals surface area contributed by atoms with Crippen molar-refractivity contribution in [3.63, 3.8) is 0 Å². The molecule has 3 heteroatoms. The smallest absolute Gasteiger partial charge is 0.243 e. The summed E-state index contributed by atoms with van der Waals surface area (Å²) < 4.78 is 0. The minimum atomic E-state index is -0.374. The highest BCUT2D eigenvalue weighted by Crippen LogP contribution is 2.18. The van der Waals surface area contributed by atoms with Gasteiger partial charge in [-0.05, 0) is 19.8 Å². The molecule has 0 saturated heterocycles. The van der Waals surface area contributed by atoms with Crippen LogP contribution in [0.5, 0.6) is 0 Å². The van der Waals surface area contributed by atoms with Crippen LogP contribution in [0.1, 0.15) is 39.0 Å². The first-order valence-corrected chi connectivity index (χ1v) is 4.93. The molecule has 0 atom stereocenters. The standard InChI is InChI=1S/C10H18N2O/c1-8(7-10(11)13)12-9-5-3-2-4-6-9/h7,9,12H,2-6H2,1H3,(H2,11,13)/b8-7+. The number of carbonyl (C=O) groups is 1. The molecule has 0 heterocycles. The molecular formula is C10H18N2O. The van der Waals surface area contributed by atoms with E-state index in [0.29, 0.717) is 6.04 Å². The van der Waals surface area contributed by atoms with Gasteiger partial charge in [-0.25, -0.2) is 0 Å². The third-order valence-corrected chi connectivity index (χ3v) is 2.40. The Labute approximate surface area is 79.4 Å². The maximum atomic E-state index is 10.6. The van der Waals surface area contributed by atoms with E-state index >= 15 is 0 Å². The second kappa shape index (κ2) is 4.90. The molecule has 0 aliphatic heterocycles. The number of hydrogen-bond donors (Lipinski definition) is 2. The molecule has 0 bridgehead atoms. The van der Waals surface area contributed by atoms with E-state index in [1.807, 2.05) is 6.92 Å². The van der Waals surface area contributed by atoms with Crippen LogP contribution in [0, 0.1) is 0 Å². The largest absolute Gasteiger partial charge is 0.386 e. The van der Waals surface area contributed by atoms with E-state index < -0.39 is 0 Å². The molecule has 0 aromatic carbocycles. The van der Waals surface area contributed by atoms with Crippen molar-refractivity contribution in [1.29, 1.82) is 0 Å². The van der Waals surface area contributed by atoms with Crippen molar-refractivity contribution in [3.8, 4) is 0 Å². The number of nitrogens with two attached hydrogens (primary N) is 1. The fourth-order valence-corrected chi connectivity index (χ4v) is 1.82. The van der Waals surface area contributed by atoms with E-state index in [9.17, 15) is 4.79 Å². The Morgan fingerprint density at radius 2 is 2.00 bits per heavy atom. The molecule has 1 amide bonds. The average molecular weight is 182 g/mol. The fourth-order valence-electron chi connectivity index (χ4n) is 1.82. The number of amides is 1.